The van der Waals surface area contributed by atoms with Gasteiger partial charge >= 0.3 is 0 Å². The summed E-state index contributed by atoms with van der Waals surface area (Å²) in [6, 6.07) is 82.7. The average Bonchev–Trinajstić information content (AvgIpc) is 3.86. The molecular formula is C62H48N2. The quantitative estimate of drug-likeness (QED) is 0.118. The fourth-order valence-corrected chi connectivity index (χ4v) is 10.4. The summed E-state index contributed by atoms with van der Waals surface area (Å²) in [5, 5.41) is 2.52. The van der Waals surface area contributed by atoms with Crippen molar-refractivity contribution in [2.75, 3.05) is 4.90 Å². The molecular weight excluding hydrogens is 773 g/mol. The molecule has 0 saturated carbocycles. The molecule has 1 aliphatic rings. The highest BCUT2D eigenvalue weighted by atomic mass is 15.1. The van der Waals surface area contributed by atoms with Gasteiger partial charge in [-0.3, -0.25) is 0 Å². The lowest BCUT2D eigenvalue weighted by molar-refractivity contribution is 0.768. The minimum Gasteiger partial charge on any atom is -0.313 e. The monoisotopic (exact) mass is 820 g/mol. The number of anilines is 3. The second-order valence-electron chi connectivity index (χ2n) is 16.7. The van der Waals surface area contributed by atoms with Crippen LogP contribution >= 0.6 is 0 Å². The molecule has 1 aromatic heterocycles. The number of rotatable bonds is 11. The molecule has 0 bridgehead atoms. The summed E-state index contributed by atoms with van der Waals surface area (Å²) in [7, 11) is 0. The molecule has 0 aliphatic heterocycles. The first-order chi connectivity index (χ1) is 31.7. The third-order valence-electron chi connectivity index (χ3n) is 13.3. The van der Waals surface area contributed by atoms with E-state index in [-0.39, 0.29) is 0 Å². The highest BCUT2D eigenvalue weighted by Crippen LogP contribution is 2.57. The van der Waals surface area contributed by atoms with Crippen molar-refractivity contribution < 1.29 is 0 Å². The van der Waals surface area contributed by atoms with Gasteiger partial charge in [0, 0.05) is 33.5 Å². The molecule has 10 aromatic rings. The summed E-state index contributed by atoms with van der Waals surface area (Å²) in [5.41, 5.74) is 18.9. The van der Waals surface area contributed by atoms with Crippen LogP contribution in [0, 0.1) is 0 Å². The molecule has 64 heavy (non-hydrogen) atoms. The molecule has 0 unspecified atom stereocenters. The molecule has 0 N–H and O–H groups in total. The Morgan fingerprint density at radius 3 is 1.64 bits per heavy atom. The van der Waals surface area contributed by atoms with Crippen molar-refractivity contribution in [3.8, 4) is 33.4 Å². The summed E-state index contributed by atoms with van der Waals surface area (Å²) in [6.45, 7) is 6.13. The summed E-state index contributed by atoms with van der Waals surface area (Å²) in [6.07, 6.45) is 6.13. The molecule has 0 saturated heterocycles. The van der Waals surface area contributed by atoms with Crippen LogP contribution in [-0.2, 0) is 5.41 Å². The average molecular weight is 821 g/mol. The number of allylic oxidation sites excluding steroid dienone is 3. The lowest BCUT2D eigenvalue weighted by Gasteiger charge is -2.35. The summed E-state index contributed by atoms with van der Waals surface area (Å²) in [5.74, 6) is 0. The third kappa shape index (κ3) is 6.41. The molecule has 1 heterocycles. The predicted molar refractivity (Wildman–Crippen MR) is 272 cm³/mol. The highest BCUT2D eigenvalue weighted by molar-refractivity contribution is 6.11. The summed E-state index contributed by atoms with van der Waals surface area (Å²) < 4.78 is 2.43. The van der Waals surface area contributed by atoms with Crippen LogP contribution in [-0.4, -0.2) is 4.57 Å². The molecule has 1 aliphatic carbocycles. The maximum absolute atomic E-state index is 3.99. The van der Waals surface area contributed by atoms with E-state index in [0.717, 1.165) is 29.9 Å². The van der Waals surface area contributed by atoms with Crippen LogP contribution in [0.25, 0.3) is 60.9 Å². The van der Waals surface area contributed by atoms with Crippen LogP contribution in [0.4, 0.5) is 17.1 Å². The number of para-hydroxylation sites is 1. The fraction of sp³-hybridized carbons (Fsp3) is 0.0645. The van der Waals surface area contributed by atoms with Gasteiger partial charge in [-0.15, -0.1) is 6.58 Å². The Morgan fingerprint density at radius 1 is 0.469 bits per heavy atom. The second-order valence-corrected chi connectivity index (χ2v) is 16.7. The number of aromatic nitrogens is 1. The van der Waals surface area contributed by atoms with Crippen LogP contribution in [0.5, 0.6) is 0 Å². The summed E-state index contributed by atoms with van der Waals surface area (Å²) in [4.78, 5) is 2.42. The molecule has 0 spiro atoms. The zero-order valence-corrected chi connectivity index (χ0v) is 36.0. The van der Waals surface area contributed by atoms with Crippen molar-refractivity contribution in [3.05, 3.63) is 265 Å². The molecule has 0 radical (unpaired) electrons. The Labute approximate surface area is 376 Å². The Hall–Kier alpha value is -7.94. The molecule has 0 fully saturated rings. The van der Waals surface area contributed by atoms with Gasteiger partial charge in [-0.25, -0.2) is 0 Å². The van der Waals surface area contributed by atoms with Crippen LogP contribution in [0.2, 0.25) is 0 Å². The first-order valence-electron chi connectivity index (χ1n) is 22.4. The van der Waals surface area contributed by atoms with E-state index >= 15 is 0 Å². The van der Waals surface area contributed by atoms with Crippen molar-refractivity contribution in [3.63, 3.8) is 0 Å². The number of hydrogen-bond acceptors (Lipinski definition) is 1. The maximum atomic E-state index is 3.99. The van der Waals surface area contributed by atoms with Gasteiger partial charge < -0.3 is 9.47 Å². The smallest absolute Gasteiger partial charge is 0.0714 e. The highest BCUT2D eigenvalue weighted by Gasteiger charge is 2.46. The Kier molecular flexibility index (Phi) is 9.98. The first kappa shape index (κ1) is 38.9. The maximum Gasteiger partial charge on any atom is 0.0714 e. The second kappa shape index (κ2) is 16.4. The van der Waals surface area contributed by atoms with Gasteiger partial charge in [0.1, 0.15) is 0 Å². The van der Waals surface area contributed by atoms with Crippen molar-refractivity contribution in [1.29, 1.82) is 0 Å². The van der Waals surface area contributed by atoms with Crippen molar-refractivity contribution in [1.82, 2.24) is 4.57 Å². The first-order valence-corrected chi connectivity index (χ1v) is 22.4. The van der Waals surface area contributed by atoms with Crippen molar-refractivity contribution in [2.24, 2.45) is 0 Å². The van der Waals surface area contributed by atoms with E-state index in [4.69, 9.17) is 0 Å². The van der Waals surface area contributed by atoms with E-state index in [1.165, 1.54) is 83.1 Å². The fourth-order valence-electron chi connectivity index (χ4n) is 10.4. The van der Waals surface area contributed by atoms with Crippen LogP contribution in [0.1, 0.15) is 42.0 Å². The lowest BCUT2D eigenvalue weighted by Crippen LogP contribution is -2.28. The standard InChI is InChI=1S/C62H48N2/c1-3-5-25-50(4-2)64-60-29-18-16-27-56(60)57-42-47(34-41-61(57)64)46-32-37-52(38-33-46)63(51-35-30-45(31-36-51)44-19-9-6-10-20-44)53-39-40-55-54-26-15-17-28-58(54)62(59(55)43-53,48-21-11-7-12-22-48)49-23-13-8-14-24-49/h3-4,6-24,26-43H,1,5,25H2,2H3/b50-4+. The van der Waals surface area contributed by atoms with Crippen molar-refractivity contribution >= 4 is 44.6 Å². The van der Waals surface area contributed by atoms with Crippen LogP contribution in [0.15, 0.2) is 243 Å². The predicted octanol–water partition coefficient (Wildman–Crippen LogP) is 16.8. The van der Waals surface area contributed by atoms with Gasteiger partial charge in [0.25, 0.3) is 0 Å². The summed E-state index contributed by atoms with van der Waals surface area (Å²) >= 11 is 0. The van der Waals surface area contributed by atoms with E-state index in [0.29, 0.717) is 0 Å². The molecule has 2 heteroatoms. The Morgan fingerprint density at radius 2 is 0.984 bits per heavy atom. The Bertz CT molecular complexity index is 3280. The van der Waals surface area contributed by atoms with Gasteiger partial charge in [0.2, 0.25) is 0 Å². The van der Waals surface area contributed by atoms with Crippen LogP contribution < -0.4 is 4.90 Å². The lowest BCUT2D eigenvalue weighted by atomic mass is 9.67. The number of benzene rings is 9. The molecule has 11 rings (SSSR count). The number of hydrogen-bond donors (Lipinski definition) is 0. The number of fused-ring (bicyclic) bond motifs is 6. The molecule has 0 amide bonds. The zero-order valence-electron chi connectivity index (χ0n) is 36.0. The van der Waals surface area contributed by atoms with Gasteiger partial charge in [0.05, 0.1) is 16.4 Å². The number of nitrogens with zero attached hydrogens (tertiary/aromatic N) is 2. The SMILES string of the molecule is C=CCC/C(=C\C)n1c2ccccc2c2cc(-c3ccc(N(c4ccc(-c5ccccc5)cc4)c4ccc5c(c4)C(c4ccccc4)(c4ccccc4)c4ccccc4-5)cc3)ccc21. The van der Waals surface area contributed by atoms with E-state index in [2.05, 4.69) is 254 Å². The van der Waals surface area contributed by atoms with E-state index in [1.54, 1.807) is 0 Å². The van der Waals surface area contributed by atoms with E-state index < -0.39 is 5.41 Å². The largest absolute Gasteiger partial charge is 0.313 e. The van der Waals surface area contributed by atoms with Crippen LogP contribution in [0.3, 0.4) is 0 Å². The topological polar surface area (TPSA) is 8.17 Å². The van der Waals surface area contributed by atoms with Gasteiger partial charge in [0.15, 0.2) is 0 Å². The minimum atomic E-state index is -0.502. The molecule has 9 aromatic carbocycles. The normalized spacial score (nSPS) is 12.9. The van der Waals surface area contributed by atoms with Gasteiger partial charge in [-0.2, -0.15) is 0 Å². The van der Waals surface area contributed by atoms with E-state index in [1.807, 2.05) is 6.08 Å². The molecule has 306 valence electrons. The van der Waals surface area contributed by atoms with E-state index in [9.17, 15) is 0 Å². The minimum absolute atomic E-state index is 0.502. The molecule has 0 atom stereocenters. The zero-order chi connectivity index (χ0) is 43.0. The van der Waals surface area contributed by atoms with Gasteiger partial charge in [-0.05, 0) is 130 Å². The Balaban J connectivity index is 1.06. The van der Waals surface area contributed by atoms with Gasteiger partial charge in [-0.1, -0.05) is 182 Å². The van der Waals surface area contributed by atoms with Crippen molar-refractivity contribution in [2.45, 2.75) is 25.2 Å². The third-order valence-corrected chi connectivity index (χ3v) is 13.3. The molecule has 2 nitrogen and oxygen atoms in total.